The summed E-state index contributed by atoms with van der Waals surface area (Å²) >= 11 is 0. The van der Waals surface area contributed by atoms with Crippen molar-refractivity contribution in [1.29, 1.82) is 0 Å². The summed E-state index contributed by atoms with van der Waals surface area (Å²) in [5, 5.41) is 34.0. The zero-order valence-corrected chi connectivity index (χ0v) is 9.49. The molecule has 17 heavy (non-hydrogen) atoms. The number of aliphatic carboxylic acids is 1. The summed E-state index contributed by atoms with van der Waals surface area (Å²) < 4.78 is 1.55. The van der Waals surface area contributed by atoms with Gasteiger partial charge in [0, 0.05) is 38.3 Å². The lowest BCUT2D eigenvalue weighted by atomic mass is 10.2. The molecule has 0 saturated heterocycles. The predicted molar refractivity (Wildman–Crippen MR) is 58.3 cm³/mol. The molecule has 0 aliphatic carbocycles. The lowest BCUT2D eigenvalue weighted by molar-refractivity contribution is -0.137. The van der Waals surface area contributed by atoms with Gasteiger partial charge in [-0.05, 0) is 12.8 Å². The van der Waals surface area contributed by atoms with Crippen LogP contribution in [-0.4, -0.2) is 49.5 Å². The number of hydrogen-bond donors (Lipinski definition) is 3. The van der Waals surface area contributed by atoms with E-state index in [0.29, 0.717) is 19.4 Å². The average Bonchev–Trinajstić information content (AvgIpc) is 2.73. The van der Waals surface area contributed by atoms with Gasteiger partial charge >= 0.3 is 5.97 Å². The zero-order chi connectivity index (χ0) is 12.7. The monoisotopic (exact) mass is 243 g/mol. The fourth-order valence-corrected chi connectivity index (χ4v) is 1.40. The first kappa shape index (κ1) is 13.6. The van der Waals surface area contributed by atoms with E-state index in [1.165, 1.54) is 0 Å². The van der Waals surface area contributed by atoms with E-state index in [1.54, 1.807) is 10.9 Å². The number of hydrogen-bond acceptors (Lipinski definition) is 5. The maximum Gasteiger partial charge on any atom is 0.303 e. The van der Waals surface area contributed by atoms with Gasteiger partial charge in [-0.2, -0.15) is 0 Å². The third kappa shape index (κ3) is 4.92. The van der Waals surface area contributed by atoms with Crippen molar-refractivity contribution in [2.75, 3.05) is 13.2 Å². The van der Waals surface area contributed by atoms with Gasteiger partial charge in [-0.25, -0.2) is 0 Å². The molecule has 1 aromatic heterocycles. The van der Waals surface area contributed by atoms with E-state index in [0.717, 1.165) is 5.69 Å². The van der Waals surface area contributed by atoms with Crippen molar-refractivity contribution in [3.8, 4) is 0 Å². The highest BCUT2D eigenvalue weighted by atomic mass is 16.4. The molecule has 0 saturated carbocycles. The van der Waals surface area contributed by atoms with Crippen LogP contribution in [0.25, 0.3) is 0 Å². The van der Waals surface area contributed by atoms with Crippen molar-refractivity contribution in [3.63, 3.8) is 0 Å². The Balaban J connectivity index is 2.39. The molecule has 0 radical (unpaired) electrons. The predicted octanol–water partition coefficient (Wildman–Crippen LogP) is -0.714. The smallest absolute Gasteiger partial charge is 0.303 e. The van der Waals surface area contributed by atoms with Crippen molar-refractivity contribution in [3.05, 3.63) is 11.9 Å². The number of aromatic nitrogens is 3. The zero-order valence-electron chi connectivity index (χ0n) is 9.49. The van der Waals surface area contributed by atoms with E-state index in [4.69, 9.17) is 15.3 Å². The molecule has 3 N–H and O–H groups in total. The Kier molecular flexibility index (Phi) is 5.58. The summed E-state index contributed by atoms with van der Waals surface area (Å²) in [7, 11) is 0. The second-order valence-corrected chi connectivity index (χ2v) is 3.91. The number of nitrogens with zero attached hydrogens (tertiary/aromatic N) is 3. The summed E-state index contributed by atoms with van der Waals surface area (Å²) in [6.45, 7) is 0.189. The number of carbonyl (C=O) groups is 1. The molecule has 0 amide bonds. The van der Waals surface area contributed by atoms with Crippen LogP contribution in [0.1, 0.15) is 18.5 Å². The highest BCUT2D eigenvalue weighted by Crippen LogP contribution is 2.03. The average molecular weight is 243 g/mol. The van der Waals surface area contributed by atoms with Crippen molar-refractivity contribution >= 4 is 5.97 Å². The van der Waals surface area contributed by atoms with Gasteiger partial charge in [0.1, 0.15) is 0 Å². The molecule has 7 nitrogen and oxygen atoms in total. The van der Waals surface area contributed by atoms with Gasteiger partial charge < -0.3 is 15.3 Å². The number of rotatable bonds is 8. The minimum atomic E-state index is -0.821. The molecule has 0 aromatic carbocycles. The van der Waals surface area contributed by atoms with Crippen molar-refractivity contribution in [2.45, 2.75) is 25.8 Å². The van der Waals surface area contributed by atoms with Crippen LogP contribution in [0.4, 0.5) is 0 Å². The van der Waals surface area contributed by atoms with E-state index >= 15 is 0 Å². The van der Waals surface area contributed by atoms with E-state index in [9.17, 15) is 4.79 Å². The third-order valence-electron chi connectivity index (χ3n) is 2.37. The minimum Gasteiger partial charge on any atom is -0.481 e. The van der Waals surface area contributed by atoms with Crippen LogP contribution >= 0.6 is 0 Å². The molecule has 1 heterocycles. The maximum absolute atomic E-state index is 10.3. The molecule has 96 valence electrons. The van der Waals surface area contributed by atoms with Crippen LogP contribution in [0, 0.1) is 5.92 Å². The summed E-state index contributed by atoms with van der Waals surface area (Å²) in [4.78, 5) is 10.3. The normalized spacial score (nSPS) is 11.0. The van der Waals surface area contributed by atoms with Gasteiger partial charge in [0.15, 0.2) is 0 Å². The number of carboxylic acids is 1. The Morgan fingerprint density at radius 1 is 1.41 bits per heavy atom. The molecule has 0 bridgehead atoms. The van der Waals surface area contributed by atoms with Crippen molar-refractivity contribution in [1.82, 2.24) is 15.0 Å². The SMILES string of the molecule is O=C(O)CCCc1cn(CC(CO)CO)nn1. The van der Waals surface area contributed by atoms with Crippen LogP contribution in [0.15, 0.2) is 6.20 Å². The van der Waals surface area contributed by atoms with E-state index in [2.05, 4.69) is 10.3 Å². The van der Waals surface area contributed by atoms with Gasteiger partial charge in [0.2, 0.25) is 0 Å². The minimum absolute atomic E-state index is 0.106. The molecular formula is C10H17N3O4. The van der Waals surface area contributed by atoms with E-state index in [-0.39, 0.29) is 25.6 Å². The van der Waals surface area contributed by atoms with Crippen molar-refractivity contribution in [2.24, 2.45) is 5.92 Å². The van der Waals surface area contributed by atoms with Crippen LogP contribution < -0.4 is 0 Å². The van der Waals surface area contributed by atoms with Gasteiger partial charge in [-0.15, -0.1) is 5.10 Å². The van der Waals surface area contributed by atoms with Crippen LogP contribution in [0.5, 0.6) is 0 Å². The molecule has 1 aromatic rings. The Bertz CT molecular complexity index is 349. The topological polar surface area (TPSA) is 108 Å². The Hall–Kier alpha value is -1.47. The molecule has 0 unspecified atom stereocenters. The molecular weight excluding hydrogens is 226 g/mol. The number of aliphatic hydroxyl groups excluding tert-OH is 2. The molecule has 7 heteroatoms. The third-order valence-corrected chi connectivity index (χ3v) is 2.37. The number of aliphatic hydroxyl groups is 2. The lowest BCUT2D eigenvalue weighted by Gasteiger charge is -2.09. The highest BCUT2D eigenvalue weighted by molar-refractivity contribution is 5.66. The molecule has 0 aliphatic heterocycles. The molecule has 0 atom stereocenters. The fourth-order valence-electron chi connectivity index (χ4n) is 1.40. The first-order valence-corrected chi connectivity index (χ1v) is 5.48. The second kappa shape index (κ2) is 6.97. The van der Waals surface area contributed by atoms with Gasteiger partial charge in [0.25, 0.3) is 0 Å². The quantitative estimate of drug-likeness (QED) is 0.556. The Morgan fingerprint density at radius 2 is 2.12 bits per heavy atom. The van der Waals surface area contributed by atoms with Crippen LogP contribution in [0.2, 0.25) is 0 Å². The summed E-state index contributed by atoms with van der Waals surface area (Å²) in [5.74, 6) is -1.07. The molecule has 1 rings (SSSR count). The fraction of sp³-hybridized carbons (Fsp3) is 0.700. The molecule has 0 aliphatic rings. The first-order chi connectivity index (χ1) is 8.15. The number of aryl methyl sites for hydroxylation is 1. The second-order valence-electron chi connectivity index (χ2n) is 3.91. The van der Waals surface area contributed by atoms with Gasteiger partial charge in [-0.1, -0.05) is 5.21 Å². The van der Waals surface area contributed by atoms with Gasteiger partial charge in [-0.3, -0.25) is 9.48 Å². The van der Waals surface area contributed by atoms with Crippen LogP contribution in [-0.2, 0) is 17.8 Å². The maximum atomic E-state index is 10.3. The Morgan fingerprint density at radius 3 is 2.71 bits per heavy atom. The van der Waals surface area contributed by atoms with E-state index < -0.39 is 5.97 Å². The summed E-state index contributed by atoms with van der Waals surface area (Å²) in [6, 6.07) is 0. The molecule has 0 spiro atoms. The highest BCUT2D eigenvalue weighted by Gasteiger charge is 2.09. The number of carboxylic acid groups (broad SMARTS) is 1. The first-order valence-electron chi connectivity index (χ1n) is 5.48. The van der Waals surface area contributed by atoms with Crippen LogP contribution in [0.3, 0.4) is 0 Å². The van der Waals surface area contributed by atoms with Gasteiger partial charge in [0.05, 0.1) is 5.69 Å². The largest absolute Gasteiger partial charge is 0.481 e. The summed E-state index contributed by atoms with van der Waals surface area (Å²) in [6.07, 6.45) is 2.91. The Labute approximate surface area is 98.7 Å². The lowest BCUT2D eigenvalue weighted by Crippen LogP contribution is -2.18. The van der Waals surface area contributed by atoms with Crippen molar-refractivity contribution < 1.29 is 20.1 Å². The summed E-state index contributed by atoms with van der Waals surface area (Å²) in [5.41, 5.74) is 0.723. The molecule has 0 fully saturated rings. The standard InChI is InChI=1S/C10H17N3O4/c14-6-8(7-15)4-13-5-9(11-12-13)2-1-3-10(16)17/h5,8,14-15H,1-4,6-7H2,(H,16,17). The van der Waals surface area contributed by atoms with E-state index in [1.807, 2.05) is 0 Å².